The second-order valence-corrected chi connectivity index (χ2v) is 8.07. The molecule has 142 valence electrons. The number of nitriles is 1. The number of rotatable bonds is 6. The van der Waals surface area contributed by atoms with E-state index in [4.69, 9.17) is 10.00 Å². The lowest BCUT2D eigenvalue weighted by molar-refractivity contribution is 0.158. The van der Waals surface area contributed by atoms with Crippen LogP contribution >= 0.6 is 0 Å². The van der Waals surface area contributed by atoms with E-state index in [0.29, 0.717) is 45.1 Å². The Balaban J connectivity index is 1.53. The van der Waals surface area contributed by atoms with Crippen LogP contribution in [0.2, 0.25) is 0 Å². The molecule has 2 aromatic carbocycles. The Labute approximate surface area is 158 Å². The first kappa shape index (κ1) is 19.3. The van der Waals surface area contributed by atoms with Gasteiger partial charge in [-0.25, -0.2) is 12.8 Å². The van der Waals surface area contributed by atoms with Crippen molar-refractivity contribution in [3.63, 3.8) is 0 Å². The van der Waals surface area contributed by atoms with E-state index in [-0.39, 0.29) is 16.3 Å². The van der Waals surface area contributed by atoms with Gasteiger partial charge in [-0.15, -0.1) is 0 Å². The summed E-state index contributed by atoms with van der Waals surface area (Å²) in [6, 6.07) is 14.1. The van der Waals surface area contributed by atoms with Crippen molar-refractivity contribution in [2.45, 2.75) is 4.90 Å². The average molecular weight is 389 g/mol. The summed E-state index contributed by atoms with van der Waals surface area (Å²) in [5.41, 5.74) is 0.156. The zero-order valence-corrected chi connectivity index (χ0v) is 15.5. The summed E-state index contributed by atoms with van der Waals surface area (Å²) in [4.78, 5) is 2.15. The zero-order valence-electron chi connectivity index (χ0n) is 14.7. The highest BCUT2D eigenvalue weighted by molar-refractivity contribution is 7.89. The molecule has 0 bridgehead atoms. The van der Waals surface area contributed by atoms with E-state index < -0.39 is 10.0 Å². The standard InChI is InChI=1S/C19H20FN3O3S/c20-17-5-3-6-18(14-17)26-13-12-22-8-10-23(11-9-22)27(24,25)19-7-2-1-4-16(19)15-21/h1-7,14H,8-13H2. The molecule has 0 radical (unpaired) electrons. The van der Waals surface area contributed by atoms with E-state index >= 15 is 0 Å². The van der Waals surface area contributed by atoms with Crippen LogP contribution in [0.25, 0.3) is 0 Å². The molecule has 27 heavy (non-hydrogen) atoms. The van der Waals surface area contributed by atoms with Crippen molar-refractivity contribution in [3.8, 4) is 11.8 Å². The molecule has 1 heterocycles. The first-order valence-electron chi connectivity index (χ1n) is 8.61. The molecule has 0 saturated carbocycles. The molecule has 0 aromatic heterocycles. The number of halogens is 1. The minimum atomic E-state index is -3.69. The Kier molecular flexibility index (Phi) is 6.06. The van der Waals surface area contributed by atoms with Crippen molar-refractivity contribution >= 4 is 10.0 Å². The largest absolute Gasteiger partial charge is 0.492 e. The quantitative estimate of drug-likeness (QED) is 0.756. The third kappa shape index (κ3) is 4.63. The van der Waals surface area contributed by atoms with Crippen molar-refractivity contribution in [3.05, 3.63) is 59.9 Å². The summed E-state index contributed by atoms with van der Waals surface area (Å²) in [7, 11) is -3.69. The Morgan fingerprint density at radius 3 is 2.52 bits per heavy atom. The summed E-state index contributed by atoms with van der Waals surface area (Å²) < 4.78 is 45.7. The molecule has 1 saturated heterocycles. The van der Waals surface area contributed by atoms with Crippen molar-refractivity contribution in [1.82, 2.24) is 9.21 Å². The monoisotopic (exact) mass is 389 g/mol. The number of sulfonamides is 1. The van der Waals surface area contributed by atoms with E-state index in [1.807, 2.05) is 6.07 Å². The van der Waals surface area contributed by atoms with E-state index in [1.165, 1.54) is 28.6 Å². The van der Waals surface area contributed by atoms with Crippen LogP contribution in [0.1, 0.15) is 5.56 Å². The first-order chi connectivity index (χ1) is 13.0. The van der Waals surface area contributed by atoms with E-state index in [1.54, 1.807) is 24.3 Å². The van der Waals surface area contributed by atoms with Gasteiger partial charge < -0.3 is 4.74 Å². The minimum Gasteiger partial charge on any atom is -0.492 e. The maximum Gasteiger partial charge on any atom is 0.244 e. The molecule has 3 rings (SSSR count). The molecule has 0 aliphatic carbocycles. The molecule has 0 atom stereocenters. The summed E-state index contributed by atoms with van der Waals surface area (Å²) in [5.74, 6) is 0.133. The molecule has 0 unspecified atom stereocenters. The van der Waals surface area contributed by atoms with Gasteiger partial charge >= 0.3 is 0 Å². The number of benzene rings is 2. The van der Waals surface area contributed by atoms with Gasteiger partial charge in [-0.3, -0.25) is 4.90 Å². The summed E-state index contributed by atoms with van der Waals surface area (Å²) >= 11 is 0. The Morgan fingerprint density at radius 1 is 1.07 bits per heavy atom. The molecular weight excluding hydrogens is 369 g/mol. The normalized spacial score (nSPS) is 16.0. The first-order valence-corrected chi connectivity index (χ1v) is 10.0. The minimum absolute atomic E-state index is 0.0513. The van der Waals surface area contributed by atoms with Crippen molar-refractivity contribution in [2.24, 2.45) is 0 Å². The number of hydrogen-bond donors (Lipinski definition) is 0. The molecule has 1 fully saturated rings. The van der Waals surface area contributed by atoms with Crippen LogP contribution in [0.3, 0.4) is 0 Å². The van der Waals surface area contributed by atoms with Crippen molar-refractivity contribution in [1.29, 1.82) is 5.26 Å². The highest BCUT2D eigenvalue weighted by Crippen LogP contribution is 2.21. The fourth-order valence-corrected chi connectivity index (χ4v) is 4.53. The maximum absolute atomic E-state index is 13.1. The Bertz CT molecular complexity index is 935. The van der Waals surface area contributed by atoms with Crippen LogP contribution in [0.15, 0.2) is 53.4 Å². The van der Waals surface area contributed by atoms with Crippen LogP contribution in [0, 0.1) is 17.1 Å². The maximum atomic E-state index is 13.1. The van der Waals surface area contributed by atoms with Gasteiger partial charge in [0.15, 0.2) is 0 Å². The molecular formula is C19H20FN3O3S. The van der Waals surface area contributed by atoms with E-state index in [9.17, 15) is 12.8 Å². The van der Waals surface area contributed by atoms with Crippen LogP contribution < -0.4 is 4.74 Å². The predicted molar refractivity (Wildman–Crippen MR) is 98.3 cm³/mol. The Hall–Kier alpha value is -2.47. The average Bonchev–Trinajstić information content (AvgIpc) is 2.68. The number of hydrogen-bond acceptors (Lipinski definition) is 5. The second-order valence-electron chi connectivity index (χ2n) is 6.16. The third-order valence-corrected chi connectivity index (χ3v) is 6.39. The van der Waals surface area contributed by atoms with E-state index in [0.717, 1.165) is 0 Å². The van der Waals surface area contributed by atoms with Crippen LogP contribution in [0.4, 0.5) is 4.39 Å². The summed E-state index contributed by atoms with van der Waals surface area (Å²) in [5, 5.41) is 9.15. The van der Waals surface area contributed by atoms with Gasteiger partial charge in [-0.1, -0.05) is 18.2 Å². The molecule has 1 aliphatic rings. The second kappa shape index (κ2) is 8.48. The highest BCUT2D eigenvalue weighted by Gasteiger charge is 2.30. The van der Waals surface area contributed by atoms with Gasteiger partial charge in [0.2, 0.25) is 10.0 Å². The fraction of sp³-hybridized carbons (Fsp3) is 0.316. The lowest BCUT2D eigenvalue weighted by Gasteiger charge is -2.33. The van der Waals surface area contributed by atoms with Crippen molar-refractivity contribution in [2.75, 3.05) is 39.3 Å². The lowest BCUT2D eigenvalue weighted by Crippen LogP contribution is -2.49. The van der Waals surface area contributed by atoms with Crippen LogP contribution in [-0.4, -0.2) is 57.0 Å². The molecule has 0 spiro atoms. The predicted octanol–water partition coefficient (Wildman–Crippen LogP) is 2.08. The number of piperazine rings is 1. The molecule has 2 aromatic rings. The number of nitrogens with zero attached hydrogens (tertiary/aromatic N) is 3. The summed E-state index contributed by atoms with van der Waals surface area (Å²) in [6.07, 6.45) is 0. The fourth-order valence-electron chi connectivity index (χ4n) is 2.97. The molecule has 6 nitrogen and oxygen atoms in total. The van der Waals surface area contributed by atoms with Crippen LogP contribution in [-0.2, 0) is 10.0 Å². The van der Waals surface area contributed by atoms with Gasteiger partial charge in [0, 0.05) is 38.8 Å². The SMILES string of the molecule is N#Cc1ccccc1S(=O)(=O)N1CCN(CCOc2cccc(F)c2)CC1. The third-order valence-electron chi connectivity index (χ3n) is 4.43. The summed E-state index contributed by atoms with van der Waals surface area (Å²) in [6.45, 7) is 2.86. The zero-order chi connectivity index (χ0) is 19.3. The highest BCUT2D eigenvalue weighted by atomic mass is 32.2. The Morgan fingerprint density at radius 2 is 1.81 bits per heavy atom. The molecule has 0 N–H and O–H groups in total. The number of ether oxygens (including phenoxy) is 1. The van der Waals surface area contributed by atoms with E-state index in [2.05, 4.69) is 4.90 Å². The van der Waals surface area contributed by atoms with Gasteiger partial charge in [0.25, 0.3) is 0 Å². The molecule has 0 amide bonds. The van der Waals surface area contributed by atoms with Gasteiger partial charge in [-0.2, -0.15) is 9.57 Å². The molecule has 1 aliphatic heterocycles. The smallest absolute Gasteiger partial charge is 0.244 e. The van der Waals surface area contributed by atoms with Gasteiger partial charge in [-0.05, 0) is 24.3 Å². The molecule has 8 heteroatoms. The van der Waals surface area contributed by atoms with Gasteiger partial charge in [0.05, 0.1) is 10.5 Å². The van der Waals surface area contributed by atoms with Crippen LogP contribution in [0.5, 0.6) is 5.75 Å². The van der Waals surface area contributed by atoms with Crippen molar-refractivity contribution < 1.29 is 17.5 Å². The topological polar surface area (TPSA) is 73.6 Å². The lowest BCUT2D eigenvalue weighted by atomic mass is 10.2. The van der Waals surface area contributed by atoms with Gasteiger partial charge in [0.1, 0.15) is 24.2 Å².